The van der Waals surface area contributed by atoms with Crippen LogP contribution in [0.2, 0.25) is 0 Å². The number of hydrogen-bond donors (Lipinski definition) is 3. The fraction of sp³-hybridized carbons (Fsp3) is 0.524. The minimum atomic E-state index is -4.79. The number of amides is 2. The number of nitrogens with one attached hydrogen (secondary N) is 3. The SMILES string of the molecule is CN/C(=C\C(=N)C(F)(F)F)N1C[C@]2(CC[C@](c3cccc(F)c3)(N(C)C)CC2)NC1=O. The zero-order valence-electron chi connectivity index (χ0n) is 17.7. The van der Waals surface area contributed by atoms with E-state index in [0.29, 0.717) is 31.8 Å². The predicted molar refractivity (Wildman–Crippen MR) is 109 cm³/mol. The first kappa shape index (κ1) is 23.1. The molecule has 3 rings (SSSR count). The van der Waals surface area contributed by atoms with Crippen LogP contribution in [0.5, 0.6) is 0 Å². The van der Waals surface area contributed by atoms with Crippen LogP contribution in [-0.4, -0.2) is 60.9 Å². The number of carbonyl (C=O) groups excluding carboxylic acids is 1. The maximum absolute atomic E-state index is 13.9. The third-order valence-corrected chi connectivity index (χ3v) is 6.46. The van der Waals surface area contributed by atoms with Gasteiger partial charge in [0.05, 0.1) is 12.1 Å². The van der Waals surface area contributed by atoms with E-state index in [1.165, 1.54) is 24.1 Å². The summed E-state index contributed by atoms with van der Waals surface area (Å²) in [5.74, 6) is -0.387. The maximum Gasteiger partial charge on any atom is 0.432 e. The average molecular weight is 441 g/mol. The Morgan fingerprint density at radius 1 is 1.26 bits per heavy atom. The van der Waals surface area contributed by atoms with Gasteiger partial charge >= 0.3 is 12.2 Å². The Bertz CT molecular complexity index is 888. The maximum atomic E-state index is 13.9. The van der Waals surface area contributed by atoms with E-state index in [4.69, 9.17) is 5.41 Å². The summed E-state index contributed by atoms with van der Waals surface area (Å²) in [5, 5.41) is 12.8. The van der Waals surface area contributed by atoms with Crippen LogP contribution >= 0.6 is 0 Å². The lowest BCUT2D eigenvalue weighted by Crippen LogP contribution is -2.54. The van der Waals surface area contributed by atoms with Crippen molar-refractivity contribution in [1.29, 1.82) is 5.41 Å². The highest BCUT2D eigenvalue weighted by Crippen LogP contribution is 2.46. The Balaban J connectivity index is 1.81. The molecule has 31 heavy (non-hydrogen) atoms. The molecule has 0 atom stereocenters. The zero-order chi connectivity index (χ0) is 23.0. The minimum absolute atomic E-state index is 0.0775. The molecule has 0 aromatic heterocycles. The van der Waals surface area contributed by atoms with Crippen LogP contribution in [0.15, 0.2) is 36.2 Å². The number of carbonyl (C=O) groups is 1. The van der Waals surface area contributed by atoms with Gasteiger partial charge in [0.15, 0.2) is 0 Å². The van der Waals surface area contributed by atoms with Crippen molar-refractivity contribution in [3.63, 3.8) is 0 Å². The van der Waals surface area contributed by atoms with Gasteiger partial charge in [-0.05, 0) is 57.5 Å². The number of hydrogen-bond acceptors (Lipinski definition) is 4. The third kappa shape index (κ3) is 4.39. The molecule has 3 N–H and O–H groups in total. The second-order valence-corrected chi connectivity index (χ2v) is 8.42. The first-order valence-electron chi connectivity index (χ1n) is 10.0. The van der Waals surface area contributed by atoms with E-state index in [0.717, 1.165) is 5.56 Å². The topological polar surface area (TPSA) is 71.5 Å². The van der Waals surface area contributed by atoms with Crippen molar-refractivity contribution in [2.75, 3.05) is 27.7 Å². The van der Waals surface area contributed by atoms with E-state index in [9.17, 15) is 22.4 Å². The molecule has 170 valence electrons. The van der Waals surface area contributed by atoms with Crippen molar-refractivity contribution in [3.8, 4) is 0 Å². The summed E-state index contributed by atoms with van der Waals surface area (Å²) in [7, 11) is 5.29. The molecule has 1 saturated heterocycles. The second-order valence-electron chi connectivity index (χ2n) is 8.42. The molecule has 10 heteroatoms. The Morgan fingerprint density at radius 2 is 1.90 bits per heavy atom. The van der Waals surface area contributed by atoms with Crippen LogP contribution in [0.3, 0.4) is 0 Å². The Morgan fingerprint density at radius 3 is 2.42 bits per heavy atom. The van der Waals surface area contributed by atoms with Crippen LogP contribution in [0.4, 0.5) is 22.4 Å². The molecule has 2 amide bonds. The number of halogens is 4. The van der Waals surface area contributed by atoms with Gasteiger partial charge in [0.25, 0.3) is 0 Å². The fourth-order valence-electron chi connectivity index (χ4n) is 4.60. The standard InChI is InChI=1S/C21H27F4N5O/c1-27-17(12-16(26)21(23,24)25)30-13-19(28-18(30)31)7-9-20(10-8-19,29(2)3)14-5-4-6-15(22)11-14/h4-6,11-12,26-27H,7-10,13H2,1-3H3,(H,28,31)/b17-12+,26-16?/t19-,20+. The highest BCUT2D eigenvalue weighted by atomic mass is 19.4. The molecule has 1 saturated carbocycles. The van der Waals surface area contributed by atoms with Gasteiger partial charge in [-0.2, -0.15) is 13.2 Å². The largest absolute Gasteiger partial charge is 0.432 e. The second kappa shape index (κ2) is 8.14. The smallest absolute Gasteiger partial charge is 0.374 e. The number of urea groups is 1. The summed E-state index contributed by atoms with van der Waals surface area (Å²) < 4.78 is 52.2. The Labute approximate surface area is 178 Å². The van der Waals surface area contributed by atoms with E-state index in [-0.39, 0.29) is 18.2 Å². The molecule has 1 aromatic rings. The normalized spacial score (nSPS) is 27.0. The van der Waals surface area contributed by atoms with E-state index in [1.807, 2.05) is 20.2 Å². The number of allylic oxidation sites excluding steroid dienone is 1. The third-order valence-electron chi connectivity index (χ3n) is 6.46. The summed E-state index contributed by atoms with van der Waals surface area (Å²) in [6, 6.07) is 6.00. The molecule has 0 unspecified atom stereocenters. The average Bonchev–Trinajstić information content (AvgIpc) is 3.01. The molecular formula is C21H27F4N5O. The van der Waals surface area contributed by atoms with Gasteiger partial charge in [0, 0.05) is 18.7 Å². The minimum Gasteiger partial charge on any atom is -0.374 e. The molecule has 2 fully saturated rings. The highest BCUT2D eigenvalue weighted by Gasteiger charge is 2.50. The van der Waals surface area contributed by atoms with Crippen molar-refractivity contribution in [2.24, 2.45) is 0 Å². The molecule has 1 spiro atoms. The number of nitrogens with zero attached hydrogens (tertiary/aromatic N) is 2. The highest BCUT2D eigenvalue weighted by molar-refractivity contribution is 5.97. The van der Waals surface area contributed by atoms with Gasteiger partial charge in [0.2, 0.25) is 0 Å². The summed E-state index contributed by atoms with van der Waals surface area (Å²) in [6.07, 6.45) is -1.71. The lowest BCUT2D eigenvalue weighted by molar-refractivity contribution is -0.0585. The van der Waals surface area contributed by atoms with Crippen molar-refractivity contribution in [2.45, 2.75) is 42.9 Å². The Hall–Kier alpha value is -2.62. The molecular weight excluding hydrogens is 414 g/mol. The van der Waals surface area contributed by atoms with Crippen LogP contribution < -0.4 is 10.6 Å². The van der Waals surface area contributed by atoms with E-state index in [2.05, 4.69) is 15.5 Å². The summed E-state index contributed by atoms with van der Waals surface area (Å²) >= 11 is 0. The Kier molecular flexibility index (Phi) is 6.05. The van der Waals surface area contributed by atoms with Crippen LogP contribution in [0.1, 0.15) is 31.2 Å². The molecule has 0 bridgehead atoms. The van der Waals surface area contributed by atoms with E-state index in [1.54, 1.807) is 6.07 Å². The lowest BCUT2D eigenvalue weighted by Gasteiger charge is -2.48. The quantitative estimate of drug-likeness (QED) is 0.483. The number of benzene rings is 1. The summed E-state index contributed by atoms with van der Waals surface area (Å²) in [5.41, 5.74) is -1.67. The molecule has 2 aliphatic rings. The molecule has 1 heterocycles. The molecule has 6 nitrogen and oxygen atoms in total. The first-order valence-corrected chi connectivity index (χ1v) is 10.0. The van der Waals surface area contributed by atoms with Crippen molar-refractivity contribution >= 4 is 11.7 Å². The van der Waals surface area contributed by atoms with Gasteiger partial charge in [-0.25, -0.2) is 9.18 Å². The molecule has 1 aliphatic heterocycles. The number of alkyl halides is 3. The van der Waals surface area contributed by atoms with Gasteiger partial charge in [-0.1, -0.05) is 12.1 Å². The zero-order valence-corrected chi connectivity index (χ0v) is 17.7. The van der Waals surface area contributed by atoms with Crippen molar-refractivity contribution in [3.05, 3.63) is 47.5 Å². The fourth-order valence-corrected chi connectivity index (χ4v) is 4.60. The lowest BCUT2D eigenvalue weighted by atomic mass is 9.69. The first-order chi connectivity index (χ1) is 14.4. The molecule has 0 radical (unpaired) electrons. The van der Waals surface area contributed by atoms with Crippen molar-refractivity contribution < 1.29 is 22.4 Å². The van der Waals surface area contributed by atoms with Gasteiger partial charge in [0.1, 0.15) is 17.3 Å². The van der Waals surface area contributed by atoms with Crippen molar-refractivity contribution in [1.82, 2.24) is 20.4 Å². The number of rotatable bonds is 5. The van der Waals surface area contributed by atoms with Gasteiger partial charge < -0.3 is 10.6 Å². The summed E-state index contributed by atoms with van der Waals surface area (Å²) in [6.45, 7) is 0.191. The summed E-state index contributed by atoms with van der Waals surface area (Å²) in [4.78, 5) is 15.9. The molecule has 1 aliphatic carbocycles. The monoisotopic (exact) mass is 441 g/mol. The van der Waals surface area contributed by atoms with Gasteiger partial charge in [-0.15, -0.1) is 0 Å². The predicted octanol–water partition coefficient (Wildman–Crippen LogP) is 3.56. The van der Waals surface area contributed by atoms with Crippen LogP contribution in [0, 0.1) is 11.2 Å². The van der Waals surface area contributed by atoms with Gasteiger partial charge in [-0.3, -0.25) is 15.2 Å². The molecule has 1 aromatic carbocycles. The van der Waals surface area contributed by atoms with Crippen LogP contribution in [-0.2, 0) is 5.54 Å². The van der Waals surface area contributed by atoms with Crippen LogP contribution in [0.25, 0.3) is 0 Å². The van der Waals surface area contributed by atoms with E-state index < -0.39 is 29.0 Å². The van der Waals surface area contributed by atoms with E-state index >= 15 is 0 Å².